The standard InChI is InChI=1S/C11H14O3.C6H6O2.C4H7N3O2/c1-3-13-11(12)8-4-9-7(2)6-14-10(9)5-8;1-5-2-6(3-7)8-4-5;1-2-9-4(8)3-6-7-5/h6,8H,3-5H2,1-2H3;2-4H,1H3;2-3H2,1H3. The van der Waals surface area contributed by atoms with Crippen molar-refractivity contribution in [1.82, 2.24) is 0 Å². The van der Waals surface area contributed by atoms with Crippen molar-refractivity contribution in [2.24, 2.45) is 11.0 Å². The number of fused-ring (bicyclic) bond motifs is 1. The van der Waals surface area contributed by atoms with Crippen LogP contribution in [0.5, 0.6) is 0 Å². The molecule has 0 saturated heterocycles. The zero-order valence-electron chi connectivity index (χ0n) is 18.1. The molecule has 0 radical (unpaired) electrons. The summed E-state index contributed by atoms with van der Waals surface area (Å²) >= 11 is 0. The van der Waals surface area contributed by atoms with E-state index < -0.39 is 5.97 Å². The van der Waals surface area contributed by atoms with Crippen molar-refractivity contribution in [2.75, 3.05) is 19.8 Å². The third-order valence-electron chi connectivity index (χ3n) is 4.13. The van der Waals surface area contributed by atoms with Gasteiger partial charge in [-0.1, -0.05) is 5.11 Å². The van der Waals surface area contributed by atoms with Crippen LogP contribution in [-0.4, -0.2) is 38.0 Å². The molecule has 0 N–H and O–H groups in total. The number of azide groups is 1. The Kier molecular flexibility index (Phi) is 11.2. The maximum atomic E-state index is 11.5. The lowest BCUT2D eigenvalue weighted by molar-refractivity contribution is -0.147. The zero-order chi connectivity index (χ0) is 23.2. The summed E-state index contributed by atoms with van der Waals surface area (Å²) in [5, 5.41) is 3.00. The third-order valence-corrected chi connectivity index (χ3v) is 4.13. The molecule has 0 spiro atoms. The Morgan fingerprint density at radius 3 is 2.39 bits per heavy atom. The molecule has 3 rings (SSSR count). The first-order valence-electron chi connectivity index (χ1n) is 9.75. The van der Waals surface area contributed by atoms with Crippen molar-refractivity contribution in [3.05, 3.63) is 57.2 Å². The van der Waals surface area contributed by atoms with Crippen LogP contribution in [0.1, 0.15) is 46.9 Å². The second-order valence-electron chi connectivity index (χ2n) is 6.52. The third kappa shape index (κ3) is 8.79. The monoisotopic (exact) mass is 433 g/mol. The maximum Gasteiger partial charge on any atom is 0.311 e. The van der Waals surface area contributed by atoms with Gasteiger partial charge in [0.1, 0.15) is 12.3 Å². The van der Waals surface area contributed by atoms with E-state index in [1.807, 2.05) is 20.8 Å². The number of rotatable bonds is 6. The first kappa shape index (κ1) is 25.5. The molecular weight excluding hydrogens is 406 g/mol. The minimum Gasteiger partial charge on any atom is -0.469 e. The Balaban J connectivity index is 0.000000247. The molecule has 10 nitrogen and oxygen atoms in total. The number of hydrogen-bond acceptors (Lipinski definition) is 8. The van der Waals surface area contributed by atoms with Crippen LogP contribution in [0.15, 0.2) is 32.5 Å². The number of hydrogen-bond donors (Lipinski definition) is 0. The highest BCUT2D eigenvalue weighted by Gasteiger charge is 2.31. The highest BCUT2D eigenvalue weighted by Crippen LogP contribution is 2.31. The SMILES string of the molecule is CCOC(=O)C1Cc2occ(C)c2C1.CCOC(=O)CN=[N+]=[N-].Cc1coc(C=O)c1. The first-order valence-corrected chi connectivity index (χ1v) is 9.75. The number of ether oxygens (including phenoxy) is 2. The zero-order valence-corrected chi connectivity index (χ0v) is 18.1. The molecule has 2 aromatic rings. The van der Waals surface area contributed by atoms with Crippen molar-refractivity contribution >= 4 is 18.2 Å². The largest absolute Gasteiger partial charge is 0.469 e. The highest BCUT2D eigenvalue weighted by molar-refractivity contribution is 5.74. The molecule has 1 atom stereocenters. The second kappa shape index (κ2) is 13.7. The Morgan fingerprint density at radius 2 is 1.90 bits per heavy atom. The smallest absolute Gasteiger partial charge is 0.311 e. The lowest BCUT2D eigenvalue weighted by Gasteiger charge is -2.07. The maximum absolute atomic E-state index is 11.5. The van der Waals surface area contributed by atoms with E-state index in [2.05, 4.69) is 14.8 Å². The highest BCUT2D eigenvalue weighted by atomic mass is 16.5. The summed E-state index contributed by atoms with van der Waals surface area (Å²) < 4.78 is 19.5. The van der Waals surface area contributed by atoms with Crippen LogP contribution in [0.4, 0.5) is 0 Å². The number of esters is 2. The molecule has 0 aliphatic heterocycles. The van der Waals surface area contributed by atoms with Gasteiger partial charge in [0, 0.05) is 11.3 Å². The van der Waals surface area contributed by atoms with E-state index >= 15 is 0 Å². The Hall–Kier alpha value is -3.52. The van der Waals surface area contributed by atoms with Gasteiger partial charge >= 0.3 is 11.9 Å². The van der Waals surface area contributed by atoms with E-state index in [0.717, 1.165) is 23.3 Å². The lowest BCUT2D eigenvalue weighted by atomic mass is 10.1. The molecule has 0 fully saturated rings. The molecule has 0 amide bonds. The topological polar surface area (TPSA) is 145 Å². The molecule has 1 unspecified atom stereocenters. The van der Waals surface area contributed by atoms with Gasteiger partial charge in [0.05, 0.1) is 31.7 Å². The summed E-state index contributed by atoms with van der Waals surface area (Å²) in [7, 11) is 0. The lowest BCUT2D eigenvalue weighted by Crippen LogP contribution is -2.18. The number of carbonyl (C=O) groups is 3. The molecule has 0 bridgehead atoms. The minimum atomic E-state index is -0.490. The van der Waals surface area contributed by atoms with Crippen molar-refractivity contribution < 1.29 is 32.7 Å². The summed E-state index contributed by atoms with van der Waals surface area (Å²) in [4.78, 5) is 34.1. The van der Waals surface area contributed by atoms with E-state index in [1.165, 1.54) is 5.56 Å². The first-order chi connectivity index (χ1) is 14.9. The van der Waals surface area contributed by atoms with E-state index in [9.17, 15) is 14.4 Å². The summed E-state index contributed by atoms with van der Waals surface area (Å²) in [5.74, 6) is 0.736. The number of nitrogens with zero attached hydrogens (tertiary/aromatic N) is 3. The van der Waals surface area contributed by atoms with Crippen LogP contribution in [0.2, 0.25) is 0 Å². The van der Waals surface area contributed by atoms with Crippen molar-refractivity contribution in [2.45, 2.75) is 40.5 Å². The average molecular weight is 433 g/mol. The van der Waals surface area contributed by atoms with Crippen molar-refractivity contribution in [1.29, 1.82) is 0 Å². The van der Waals surface area contributed by atoms with Gasteiger partial charge in [-0.25, -0.2) is 0 Å². The molecule has 31 heavy (non-hydrogen) atoms. The Morgan fingerprint density at radius 1 is 1.19 bits per heavy atom. The van der Waals surface area contributed by atoms with Crippen LogP contribution < -0.4 is 0 Å². The Labute approximate surface area is 180 Å². The van der Waals surface area contributed by atoms with Crippen LogP contribution in [0.3, 0.4) is 0 Å². The fourth-order valence-electron chi connectivity index (χ4n) is 2.75. The van der Waals surface area contributed by atoms with Gasteiger partial charge in [-0.05, 0) is 62.4 Å². The predicted octanol–water partition coefficient (Wildman–Crippen LogP) is 4.13. The molecule has 10 heteroatoms. The molecule has 168 valence electrons. The number of furan rings is 2. The van der Waals surface area contributed by atoms with E-state index in [4.69, 9.17) is 19.1 Å². The van der Waals surface area contributed by atoms with Gasteiger partial charge in [-0.15, -0.1) is 0 Å². The molecule has 0 aromatic carbocycles. The molecule has 2 aromatic heterocycles. The summed E-state index contributed by atoms with van der Waals surface area (Å²) in [6.45, 7) is 7.95. The van der Waals surface area contributed by atoms with Gasteiger partial charge in [-0.3, -0.25) is 14.4 Å². The molecule has 1 aliphatic rings. The van der Waals surface area contributed by atoms with Crippen LogP contribution in [0, 0.1) is 19.8 Å². The van der Waals surface area contributed by atoms with Gasteiger partial charge in [0.15, 0.2) is 12.0 Å². The van der Waals surface area contributed by atoms with E-state index in [0.29, 0.717) is 31.7 Å². The number of aryl methyl sites for hydroxylation is 2. The minimum absolute atomic E-state index is 0.0244. The van der Waals surface area contributed by atoms with Crippen LogP contribution in [0.25, 0.3) is 10.4 Å². The van der Waals surface area contributed by atoms with Crippen LogP contribution >= 0.6 is 0 Å². The van der Waals surface area contributed by atoms with E-state index in [-0.39, 0.29) is 18.4 Å². The van der Waals surface area contributed by atoms with Gasteiger partial charge in [0.2, 0.25) is 0 Å². The Bertz CT molecular complexity index is 910. The summed E-state index contributed by atoms with van der Waals surface area (Å²) in [5.41, 5.74) is 11.1. The molecule has 2 heterocycles. The predicted molar refractivity (Wildman–Crippen MR) is 110 cm³/mol. The van der Waals surface area contributed by atoms with Gasteiger partial charge < -0.3 is 18.3 Å². The summed E-state index contributed by atoms with van der Waals surface area (Å²) in [6.07, 6.45) is 5.46. The molecule has 0 saturated carbocycles. The fraction of sp³-hybridized carbons (Fsp3) is 0.476. The van der Waals surface area contributed by atoms with Crippen molar-refractivity contribution in [3.63, 3.8) is 0 Å². The average Bonchev–Trinajstić information content (AvgIpc) is 3.45. The van der Waals surface area contributed by atoms with Crippen LogP contribution in [-0.2, 0) is 31.9 Å². The fourth-order valence-corrected chi connectivity index (χ4v) is 2.75. The molecular formula is C21H27N3O7. The van der Waals surface area contributed by atoms with Gasteiger partial charge in [0.25, 0.3) is 0 Å². The molecule has 1 aliphatic carbocycles. The van der Waals surface area contributed by atoms with Crippen molar-refractivity contribution in [3.8, 4) is 0 Å². The van der Waals surface area contributed by atoms with E-state index in [1.54, 1.807) is 25.5 Å². The second-order valence-corrected chi connectivity index (χ2v) is 6.52. The summed E-state index contributed by atoms with van der Waals surface area (Å²) in [6, 6.07) is 1.69. The number of aldehydes is 1. The van der Waals surface area contributed by atoms with Gasteiger partial charge in [-0.2, -0.15) is 0 Å². The quantitative estimate of drug-likeness (QED) is 0.219. The number of carbonyl (C=O) groups excluding carboxylic acids is 3. The normalized spacial score (nSPS) is 13.4.